The second kappa shape index (κ2) is 15.4. The number of halogens is 3. The lowest BCUT2D eigenvalue weighted by molar-refractivity contribution is -0.158. The first-order valence-corrected chi connectivity index (χ1v) is 17.2. The fraction of sp³-hybridized carbons (Fsp3) is 0.343. The van der Waals surface area contributed by atoms with Crippen LogP contribution in [0, 0.1) is 0 Å². The fourth-order valence-corrected chi connectivity index (χ4v) is 6.97. The number of thioether (sulfide) groups is 1. The fourth-order valence-electron chi connectivity index (χ4n) is 4.89. The minimum absolute atomic E-state index is 0.265. The van der Waals surface area contributed by atoms with E-state index in [0.29, 0.717) is 60.5 Å². The van der Waals surface area contributed by atoms with Crippen LogP contribution in [0.25, 0.3) is 10.6 Å². The first-order chi connectivity index (χ1) is 22.9. The molecule has 8 nitrogen and oxygen atoms in total. The van der Waals surface area contributed by atoms with Crippen LogP contribution >= 0.6 is 23.1 Å². The number of carbonyl (C=O) groups is 2. The summed E-state index contributed by atoms with van der Waals surface area (Å²) in [6.07, 6.45) is -4.81. The smallest absolute Gasteiger partial charge is 0.416 e. The summed E-state index contributed by atoms with van der Waals surface area (Å²) >= 11 is 3.06. The predicted molar refractivity (Wildman–Crippen MR) is 179 cm³/mol. The van der Waals surface area contributed by atoms with Gasteiger partial charge in [0.15, 0.2) is 5.60 Å². The first kappa shape index (κ1) is 35.2. The largest absolute Gasteiger partial charge is 0.476 e. The van der Waals surface area contributed by atoms with Gasteiger partial charge in [0.25, 0.3) is 0 Å². The van der Waals surface area contributed by atoms with E-state index in [4.69, 9.17) is 19.2 Å². The maximum absolute atomic E-state index is 13.2. The third-order valence-corrected chi connectivity index (χ3v) is 9.89. The van der Waals surface area contributed by atoms with Crippen molar-refractivity contribution in [2.45, 2.75) is 49.7 Å². The van der Waals surface area contributed by atoms with E-state index in [2.05, 4.69) is 4.90 Å². The molecular weight excluding hydrogens is 664 g/mol. The van der Waals surface area contributed by atoms with Gasteiger partial charge in [0.1, 0.15) is 16.5 Å². The van der Waals surface area contributed by atoms with E-state index in [1.807, 2.05) is 30.3 Å². The minimum atomic E-state index is -4.42. The van der Waals surface area contributed by atoms with Crippen molar-refractivity contribution in [1.29, 1.82) is 0 Å². The van der Waals surface area contributed by atoms with Crippen LogP contribution in [-0.4, -0.2) is 65.2 Å². The normalized spacial score (nSPS) is 14.1. The van der Waals surface area contributed by atoms with Gasteiger partial charge in [0.2, 0.25) is 0 Å². The zero-order valence-corrected chi connectivity index (χ0v) is 28.4. The summed E-state index contributed by atoms with van der Waals surface area (Å²) in [5.41, 5.74) is -0.381. The molecule has 3 aromatic carbocycles. The van der Waals surface area contributed by atoms with Crippen LogP contribution in [0.1, 0.15) is 36.9 Å². The van der Waals surface area contributed by atoms with Crippen molar-refractivity contribution in [2.24, 2.45) is 0 Å². The van der Waals surface area contributed by atoms with Gasteiger partial charge in [-0.25, -0.2) is 14.6 Å². The van der Waals surface area contributed by atoms with Crippen molar-refractivity contribution in [3.8, 4) is 22.1 Å². The molecule has 1 fully saturated rings. The van der Waals surface area contributed by atoms with Crippen molar-refractivity contribution in [3.63, 3.8) is 0 Å². The molecule has 1 aromatic heterocycles. The number of hydrogen-bond acceptors (Lipinski definition) is 9. The van der Waals surface area contributed by atoms with Crippen molar-refractivity contribution >= 4 is 35.2 Å². The summed E-state index contributed by atoms with van der Waals surface area (Å²) in [5.74, 6) is 1.17. The van der Waals surface area contributed by atoms with E-state index in [0.717, 1.165) is 27.6 Å². The van der Waals surface area contributed by atoms with E-state index in [1.54, 1.807) is 61.7 Å². The maximum Gasteiger partial charge on any atom is 0.416 e. The van der Waals surface area contributed by atoms with Crippen LogP contribution in [0.2, 0.25) is 0 Å². The number of alkyl halides is 3. The number of carbonyl (C=O) groups excluding carboxylic acids is 2. The number of nitrogens with zero attached hydrogens (tertiary/aromatic N) is 3. The molecule has 0 atom stereocenters. The van der Waals surface area contributed by atoms with Crippen molar-refractivity contribution in [3.05, 3.63) is 95.0 Å². The van der Waals surface area contributed by atoms with Crippen LogP contribution in [0.4, 0.5) is 18.0 Å². The number of aromatic nitrogens is 1. The van der Waals surface area contributed by atoms with E-state index in [1.165, 1.54) is 23.5 Å². The van der Waals surface area contributed by atoms with Gasteiger partial charge in [-0.05, 0) is 69.3 Å². The number of amides is 1. The van der Waals surface area contributed by atoms with Crippen molar-refractivity contribution < 1.29 is 37.0 Å². The second-order valence-electron chi connectivity index (χ2n) is 11.5. The molecule has 0 aliphatic carbocycles. The summed E-state index contributed by atoms with van der Waals surface area (Å²) in [5, 5.41) is 0.643. The van der Waals surface area contributed by atoms with Gasteiger partial charge in [-0.2, -0.15) is 13.2 Å². The molecule has 13 heteroatoms. The van der Waals surface area contributed by atoms with Crippen LogP contribution in [0.15, 0.2) is 83.8 Å². The monoisotopic (exact) mass is 699 g/mol. The molecule has 0 unspecified atom stereocenters. The Morgan fingerprint density at radius 3 is 2.19 bits per heavy atom. The second-order valence-corrected chi connectivity index (χ2v) is 13.6. The van der Waals surface area contributed by atoms with Crippen LogP contribution in [-0.2, 0) is 28.0 Å². The summed E-state index contributed by atoms with van der Waals surface area (Å²) < 4.78 is 56.0. The van der Waals surface area contributed by atoms with E-state index in [-0.39, 0.29) is 6.61 Å². The predicted octanol–water partition coefficient (Wildman–Crippen LogP) is 8.16. The lowest BCUT2D eigenvalue weighted by Crippen LogP contribution is -2.49. The lowest BCUT2D eigenvalue weighted by Gasteiger charge is -2.33. The highest BCUT2D eigenvalue weighted by molar-refractivity contribution is 7.98. The summed E-state index contributed by atoms with van der Waals surface area (Å²) in [6, 6.07) is 21.4. The number of esters is 1. The molecular formula is C35H36F3N3O5S2. The number of ether oxygens (including phenoxy) is 3. The molecule has 254 valence electrons. The Kier molecular flexibility index (Phi) is 11.3. The van der Waals surface area contributed by atoms with Crippen molar-refractivity contribution in [2.75, 3.05) is 32.8 Å². The Bertz CT molecular complexity index is 1670. The van der Waals surface area contributed by atoms with Gasteiger partial charge in [0.05, 0.1) is 17.9 Å². The molecule has 1 aliphatic heterocycles. The number of para-hydroxylation sites is 1. The standard InChI is InChI=1S/C35H36F3N3O5S2/c1-4-44-32(42)34(2,3)46-27-14-16-28(17-15-27)47-23-30-29(39-31(48-30)24-10-12-25(13-11-24)35(36,37)38)22-40-18-20-41(21-19-40)33(43)45-26-8-6-5-7-9-26/h5-17H,4,18-23H2,1-3H3. The molecule has 2 heterocycles. The quantitative estimate of drug-likeness (QED) is 0.115. The molecule has 1 aliphatic rings. The molecule has 1 amide bonds. The average molecular weight is 700 g/mol. The van der Waals surface area contributed by atoms with Crippen molar-refractivity contribution in [1.82, 2.24) is 14.8 Å². The average Bonchev–Trinajstić information content (AvgIpc) is 3.47. The van der Waals surface area contributed by atoms with Gasteiger partial charge in [0, 0.05) is 53.8 Å². The Hall–Kier alpha value is -4.07. The van der Waals surface area contributed by atoms with Gasteiger partial charge >= 0.3 is 18.2 Å². The Morgan fingerprint density at radius 2 is 1.56 bits per heavy atom. The van der Waals surface area contributed by atoms with Gasteiger partial charge < -0.3 is 19.1 Å². The maximum atomic E-state index is 13.2. The SMILES string of the molecule is CCOC(=O)C(C)(C)Oc1ccc(SCc2sc(-c3ccc(C(F)(F)F)cc3)nc2CN2CCN(C(=O)Oc3ccccc3)CC2)cc1. The Morgan fingerprint density at radius 1 is 0.896 bits per heavy atom. The lowest BCUT2D eigenvalue weighted by atomic mass is 10.1. The van der Waals surface area contributed by atoms with E-state index < -0.39 is 29.4 Å². The molecule has 0 saturated carbocycles. The van der Waals surface area contributed by atoms with Crippen LogP contribution < -0.4 is 9.47 Å². The number of piperazine rings is 1. The molecule has 0 radical (unpaired) electrons. The minimum Gasteiger partial charge on any atom is -0.476 e. The Labute approximate surface area is 285 Å². The van der Waals surface area contributed by atoms with Gasteiger partial charge in [-0.3, -0.25) is 4.90 Å². The number of rotatable bonds is 11. The highest BCUT2D eigenvalue weighted by Crippen LogP contribution is 2.36. The molecule has 48 heavy (non-hydrogen) atoms. The molecule has 0 spiro atoms. The van der Waals surface area contributed by atoms with Crippen LogP contribution in [0.5, 0.6) is 11.5 Å². The zero-order chi connectivity index (χ0) is 34.3. The topological polar surface area (TPSA) is 81.2 Å². The first-order valence-electron chi connectivity index (χ1n) is 15.4. The Balaban J connectivity index is 1.26. The molecule has 0 bridgehead atoms. The molecule has 4 aromatic rings. The number of benzene rings is 3. The van der Waals surface area contributed by atoms with Gasteiger partial charge in [-0.15, -0.1) is 23.1 Å². The summed E-state index contributed by atoms with van der Waals surface area (Å²) in [7, 11) is 0. The van der Waals surface area contributed by atoms with Crippen LogP contribution in [0.3, 0.4) is 0 Å². The third kappa shape index (κ3) is 9.30. The number of thiazole rings is 1. The zero-order valence-electron chi connectivity index (χ0n) is 26.8. The third-order valence-electron chi connectivity index (χ3n) is 7.52. The molecule has 5 rings (SSSR count). The highest BCUT2D eigenvalue weighted by atomic mass is 32.2. The summed E-state index contributed by atoms with van der Waals surface area (Å²) in [4.78, 5) is 35.6. The molecule has 0 N–H and O–H groups in total. The van der Waals surface area contributed by atoms with Gasteiger partial charge in [-0.1, -0.05) is 30.3 Å². The highest BCUT2D eigenvalue weighted by Gasteiger charge is 2.32. The van der Waals surface area contributed by atoms with E-state index >= 15 is 0 Å². The van der Waals surface area contributed by atoms with E-state index in [9.17, 15) is 22.8 Å². The number of hydrogen-bond donors (Lipinski definition) is 0. The summed E-state index contributed by atoms with van der Waals surface area (Å²) in [6.45, 7) is 8.07. The molecule has 1 saturated heterocycles.